The van der Waals surface area contributed by atoms with Gasteiger partial charge in [-0.1, -0.05) is 57.0 Å². The third-order valence-electron chi connectivity index (χ3n) is 5.37. The average Bonchev–Trinajstić information content (AvgIpc) is 2.94. The molecule has 0 amide bonds. The lowest BCUT2D eigenvalue weighted by atomic mass is 10.00. The molecule has 38 heavy (non-hydrogen) atoms. The molecule has 0 N–H and O–H groups in total. The van der Waals surface area contributed by atoms with E-state index in [2.05, 4.69) is 6.92 Å². The van der Waals surface area contributed by atoms with Crippen molar-refractivity contribution in [1.29, 1.82) is 0 Å². The van der Waals surface area contributed by atoms with Crippen molar-refractivity contribution >= 4 is 17.7 Å². The van der Waals surface area contributed by atoms with Crippen LogP contribution >= 0.6 is 0 Å². The molecule has 216 valence electrons. The molecule has 0 aliphatic heterocycles. The molecule has 1 rings (SSSR count). The van der Waals surface area contributed by atoms with Crippen LogP contribution < -0.4 is 0 Å². The fraction of sp³-hybridized carbons (Fsp3) is 0.679. The highest BCUT2D eigenvalue weighted by atomic mass is 16.6. The van der Waals surface area contributed by atoms with Crippen LogP contribution in [0.5, 0.6) is 0 Å². The zero-order valence-corrected chi connectivity index (χ0v) is 22.9. The molecular formula is C28H44O10. The Morgan fingerprint density at radius 3 is 1.53 bits per heavy atom. The van der Waals surface area contributed by atoms with Crippen molar-refractivity contribution in [3.63, 3.8) is 0 Å². The van der Waals surface area contributed by atoms with Crippen LogP contribution in [-0.4, -0.2) is 97.0 Å². The first-order valence-electron chi connectivity index (χ1n) is 13.4. The van der Waals surface area contributed by atoms with Gasteiger partial charge in [0.15, 0.2) is 0 Å². The Bertz CT molecular complexity index is 740. The molecule has 0 heterocycles. The molecule has 10 heteroatoms. The fourth-order valence-electron chi connectivity index (χ4n) is 3.21. The van der Waals surface area contributed by atoms with Gasteiger partial charge < -0.3 is 33.2 Å². The second-order valence-corrected chi connectivity index (χ2v) is 8.31. The maximum Gasteiger partial charge on any atom is 0.379 e. The zero-order valence-electron chi connectivity index (χ0n) is 22.9. The highest BCUT2D eigenvalue weighted by molar-refractivity contribution is 6.40. The van der Waals surface area contributed by atoms with Gasteiger partial charge in [-0.2, -0.15) is 0 Å². The minimum Gasteiger partial charge on any atom is -0.463 e. The second-order valence-electron chi connectivity index (χ2n) is 8.31. The minimum atomic E-state index is -0.898. The molecule has 0 aliphatic carbocycles. The van der Waals surface area contributed by atoms with Gasteiger partial charge in [-0.25, -0.2) is 4.79 Å². The largest absolute Gasteiger partial charge is 0.463 e. The summed E-state index contributed by atoms with van der Waals surface area (Å²) < 4.78 is 37.1. The number of carbonyl (C=O) groups is 3. The maximum absolute atomic E-state index is 12.0. The molecule has 0 aliphatic rings. The Morgan fingerprint density at radius 1 is 0.632 bits per heavy atom. The summed E-state index contributed by atoms with van der Waals surface area (Å²) >= 11 is 0. The highest BCUT2D eigenvalue weighted by Crippen LogP contribution is 2.14. The number of ketones is 1. The van der Waals surface area contributed by atoms with Crippen LogP contribution in [0.3, 0.4) is 0 Å². The molecule has 0 saturated heterocycles. The lowest BCUT2D eigenvalue weighted by molar-refractivity contribution is -0.150. The van der Waals surface area contributed by atoms with Gasteiger partial charge in [0.1, 0.15) is 13.2 Å². The number of ether oxygens (including phenoxy) is 7. The van der Waals surface area contributed by atoms with Gasteiger partial charge in [-0.05, 0) is 12.8 Å². The zero-order chi connectivity index (χ0) is 27.7. The molecule has 1 unspecified atom stereocenters. The van der Waals surface area contributed by atoms with Gasteiger partial charge in [-0.15, -0.1) is 0 Å². The molecule has 10 nitrogen and oxygen atoms in total. The van der Waals surface area contributed by atoms with Crippen LogP contribution in [-0.2, 0) is 42.7 Å². The van der Waals surface area contributed by atoms with Crippen molar-refractivity contribution < 1.29 is 47.5 Å². The lowest BCUT2D eigenvalue weighted by Gasteiger charge is -2.13. The lowest BCUT2D eigenvalue weighted by Crippen LogP contribution is -2.20. The predicted molar refractivity (Wildman–Crippen MR) is 140 cm³/mol. The van der Waals surface area contributed by atoms with Crippen LogP contribution in [0.2, 0.25) is 0 Å². The van der Waals surface area contributed by atoms with E-state index in [9.17, 15) is 14.4 Å². The summed E-state index contributed by atoms with van der Waals surface area (Å²) in [6, 6.07) is 8.25. The summed E-state index contributed by atoms with van der Waals surface area (Å²) in [6.07, 6.45) is 3.80. The normalized spacial score (nSPS) is 11.7. The number of esters is 2. The van der Waals surface area contributed by atoms with Crippen molar-refractivity contribution in [2.75, 3.05) is 79.3 Å². The Morgan fingerprint density at radius 2 is 1.08 bits per heavy atom. The Kier molecular flexibility index (Phi) is 21.0. The van der Waals surface area contributed by atoms with Gasteiger partial charge in [0.2, 0.25) is 0 Å². The smallest absolute Gasteiger partial charge is 0.379 e. The van der Waals surface area contributed by atoms with Crippen LogP contribution in [0.15, 0.2) is 30.3 Å². The number of carbonyl (C=O) groups excluding carboxylic acids is 3. The number of hydrogen-bond donors (Lipinski definition) is 0. The van der Waals surface area contributed by atoms with Gasteiger partial charge in [0.05, 0.1) is 72.0 Å². The molecular weight excluding hydrogens is 496 g/mol. The first-order valence-corrected chi connectivity index (χ1v) is 13.4. The van der Waals surface area contributed by atoms with E-state index in [0.717, 1.165) is 25.7 Å². The van der Waals surface area contributed by atoms with E-state index in [1.54, 1.807) is 30.3 Å². The molecule has 1 aromatic carbocycles. The van der Waals surface area contributed by atoms with E-state index in [4.69, 9.17) is 33.2 Å². The highest BCUT2D eigenvalue weighted by Gasteiger charge is 2.17. The molecule has 0 saturated carbocycles. The second kappa shape index (κ2) is 23.7. The van der Waals surface area contributed by atoms with Crippen LogP contribution in [0.4, 0.5) is 0 Å². The third kappa shape index (κ3) is 17.2. The van der Waals surface area contributed by atoms with E-state index < -0.39 is 11.8 Å². The molecule has 1 aromatic rings. The molecule has 1 atom stereocenters. The first-order chi connectivity index (χ1) is 18.6. The Hall–Kier alpha value is -2.37. The van der Waals surface area contributed by atoms with Crippen molar-refractivity contribution in [2.24, 2.45) is 5.92 Å². The molecule has 0 spiro atoms. The number of benzene rings is 1. The Labute approximate surface area is 226 Å². The summed E-state index contributed by atoms with van der Waals surface area (Å²) in [4.78, 5) is 35.5. The van der Waals surface area contributed by atoms with Crippen LogP contribution in [0.1, 0.15) is 49.9 Å². The number of Topliss-reactive ketones (excluding diaryl/α,β-unsaturated/α-hetero) is 1. The van der Waals surface area contributed by atoms with Crippen molar-refractivity contribution in [3.05, 3.63) is 35.9 Å². The summed E-state index contributed by atoms with van der Waals surface area (Å²) in [5.41, 5.74) is 0.295. The van der Waals surface area contributed by atoms with Crippen LogP contribution in [0.25, 0.3) is 0 Å². The number of hydrogen-bond acceptors (Lipinski definition) is 10. The SMILES string of the molecule is CCCCC(CC)C(=O)OCCOCCOCCOCCOCCOCCOC(=O)C(=O)c1ccccc1. The third-order valence-corrected chi connectivity index (χ3v) is 5.37. The molecule has 0 bridgehead atoms. The van der Waals surface area contributed by atoms with Gasteiger partial charge in [-0.3, -0.25) is 9.59 Å². The quantitative estimate of drug-likeness (QED) is 0.0792. The molecule has 0 radical (unpaired) electrons. The summed E-state index contributed by atoms with van der Waals surface area (Å²) in [7, 11) is 0. The van der Waals surface area contributed by atoms with E-state index in [-0.39, 0.29) is 31.7 Å². The van der Waals surface area contributed by atoms with Gasteiger partial charge >= 0.3 is 11.9 Å². The summed E-state index contributed by atoms with van der Waals surface area (Å²) in [5.74, 6) is -1.72. The van der Waals surface area contributed by atoms with Crippen LogP contribution in [0, 0.1) is 5.92 Å². The molecule has 0 fully saturated rings. The fourth-order valence-corrected chi connectivity index (χ4v) is 3.21. The Balaban J connectivity index is 1.80. The number of rotatable bonds is 25. The standard InChI is InChI=1S/C28H44O10/c1-3-5-9-24(4-2)27(30)37-22-20-35-18-16-33-14-12-32-13-15-34-17-19-36-21-23-38-28(31)26(29)25-10-7-6-8-11-25/h6-8,10-11,24H,3-5,9,12-23H2,1-2H3. The van der Waals surface area contributed by atoms with Crippen molar-refractivity contribution in [1.82, 2.24) is 0 Å². The predicted octanol–water partition coefficient (Wildman–Crippen LogP) is 3.26. The van der Waals surface area contributed by atoms with E-state index in [1.165, 1.54) is 0 Å². The summed E-state index contributed by atoms with van der Waals surface area (Å²) in [5, 5.41) is 0. The van der Waals surface area contributed by atoms with Crippen molar-refractivity contribution in [3.8, 4) is 0 Å². The van der Waals surface area contributed by atoms with E-state index in [0.29, 0.717) is 65.0 Å². The molecule has 0 aromatic heterocycles. The first kappa shape index (κ1) is 33.7. The van der Waals surface area contributed by atoms with Gasteiger partial charge in [0, 0.05) is 5.56 Å². The number of unbranched alkanes of at least 4 members (excludes halogenated alkanes) is 1. The van der Waals surface area contributed by atoms with Crippen molar-refractivity contribution in [2.45, 2.75) is 39.5 Å². The minimum absolute atomic E-state index is 0.00247. The maximum atomic E-state index is 12.0. The summed E-state index contributed by atoms with van der Waals surface area (Å²) in [6.45, 7) is 8.24. The van der Waals surface area contributed by atoms with Gasteiger partial charge in [0.25, 0.3) is 5.78 Å². The van der Waals surface area contributed by atoms with E-state index >= 15 is 0 Å². The average molecular weight is 541 g/mol. The monoisotopic (exact) mass is 540 g/mol. The van der Waals surface area contributed by atoms with E-state index in [1.807, 2.05) is 6.92 Å². The topological polar surface area (TPSA) is 116 Å².